The van der Waals surface area contributed by atoms with E-state index in [4.69, 9.17) is 0 Å². The molecule has 2 aromatic rings. The Balaban J connectivity index is 1.78. The highest BCUT2D eigenvalue weighted by Gasteiger charge is 2.24. The van der Waals surface area contributed by atoms with E-state index in [1.54, 1.807) is 0 Å². The summed E-state index contributed by atoms with van der Waals surface area (Å²) in [4.78, 5) is 2.17. The van der Waals surface area contributed by atoms with Gasteiger partial charge in [0.15, 0.2) is 0 Å². The SMILES string of the molecule is F[C@@H]1CN(Cc2ccccc2)Cc2ccccc21. The number of nitrogens with zero attached hydrogens (tertiary/aromatic N) is 1. The summed E-state index contributed by atoms with van der Waals surface area (Å²) in [5.74, 6) is 0. The molecule has 1 heterocycles. The van der Waals surface area contributed by atoms with Crippen molar-refractivity contribution >= 4 is 0 Å². The summed E-state index contributed by atoms with van der Waals surface area (Å²) in [6, 6.07) is 18.1. The van der Waals surface area contributed by atoms with E-state index in [1.807, 2.05) is 42.5 Å². The summed E-state index contributed by atoms with van der Waals surface area (Å²) < 4.78 is 14.1. The minimum Gasteiger partial charge on any atom is -0.292 e. The standard InChI is InChI=1S/C16H16FN/c17-16-12-18(10-13-6-2-1-3-7-13)11-14-8-4-5-9-15(14)16/h1-9,16H,10-12H2/t16-/m1/s1. The monoisotopic (exact) mass is 241 g/mol. The second-order valence-corrected chi connectivity index (χ2v) is 4.82. The molecule has 0 unspecified atom stereocenters. The van der Waals surface area contributed by atoms with Gasteiger partial charge >= 0.3 is 0 Å². The number of fused-ring (bicyclic) bond motifs is 1. The maximum absolute atomic E-state index is 14.1. The molecule has 3 rings (SSSR count). The molecule has 0 aliphatic carbocycles. The Bertz CT molecular complexity index is 524. The van der Waals surface area contributed by atoms with Crippen LogP contribution in [-0.4, -0.2) is 11.4 Å². The molecule has 1 aliphatic rings. The predicted octanol–water partition coefficient (Wildman–Crippen LogP) is 3.71. The van der Waals surface area contributed by atoms with E-state index in [9.17, 15) is 4.39 Å². The van der Waals surface area contributed by atoms with Gasteiger partial charge in [0.1, 0.15) is 6.17 Å². The number of benzene rings is 2. The van der Waals surface area contributed by atoms with E-state index in [-0.39, 0.29) is 0 Å². The molecule has 2 aromatic carbocycles. The lowest BCUT2D eigenvalue weighted by molar-refractivity contribution is 0.158. The van der Waals surface area contributed by atoms with Crippen molar-refractivity contribution < 1.29 is 4.39 Å². The average molecular weight is 241 g/mol. The van der Waals surface area contributed by atoms with E-state index >= 15 is 0 Å². The molecule has 1 atom stereocenters. The van der Waals surface area contributed by atoms with Crippen LogP contribution >= 0.6 is 0 Å². The van der Waals surface area contributed by atoms with E-state index in [2.05, 4.69) is 17.0 Å². The quantitative estimate of drug-likeness (QED) is 0.774. The normalized spacial score (nSPS) is 19.5. The zero-order valence-electron chi connectivity index (χ0n) is 10.2. The van der Waals surface area contributed by atoms with Gasteiger partial charge < -0.3 is 0 Å². The summed E-state index contributed by atoms with van der Waals surface area (Å²) in [7, 11) is 0. The molecule has 0 bridgehead atoms. The average Bonchev–Trinajstić information content (AvgIpc) is 2.40. The predicted molar refractivity (Wildman–Crippen MR) is 70.8 cm³/mol. The van der Waals surface area contributed by atoms with Gasteiger partial charge in [0, 0.05) is 19.6 Å². The summed E-state index contributed by atoms with van der Waals surface area (Å²) in [5, 5.41) is 0. The molecule has 0 aromatic heterocycles. The molecule has 0 amide bonds. The molecular formula is C16H16FN. The molecule has 0 radical (unpaired) electrons. The van der Waals surface area contributed by atoms with Crippen molar-refractivity contribution in [2.24, 2.45) is 0 Å². The van der Waals surface area contributed by atoms with Crippen LogP contribution in [0.1, 0.15) is 22.9 Å². The molecule has 0 saturated heterocycles. The van der Waals surface area contributed by atoms with Crippen molar-refractivity contribution in [3.63, 3.8) is 0 Å². The molecule has 1 aliphatic heterocycles. The fourth-order valence-corrected chi connectivity index (χ4v) is 2.58. The lowest BCUT2D eigenvalue weighted by Gasteiger charge is -2.31. The second kappa shape index (κ2) is 4.91. The molecule has 0 saturated carbocycles. The summed E-state index contributed by atoms with van der Waals surface area (Å²) >= 11 is 0. The van der Waals surface area contributed by atoms with E-state index < -0.39 is 6.17 Å². The highest BCUT2D eigenvalue weighted by atomic mass is 19.1. The Morgan fingerprint density at radius 3 is 2.56 bits per heavy atom. The lowest BCUT2D eigenvalue weighted by atomic mass is 9.98. The molecule has 92 valence electrons. The second-order valence-electron chi connectivity index (χ2n) is 4.82. The Kier molecular flexibility index (Phi) is 3.11. The van der Waals surface area contributed by atoms with Crippen molar-refractivity contribution in [3.05, 3.63) is 71.3 Å². The van der Waals surface area contributed by atoms with Crippen molar-refractivity contribution in [3.8, 4) is 0 Å². The zero-order valence-corrected chi connectivity index (χ0v) is 10.2. The van der Waals surface area contributed by atoms with Gasteiger partial charge in [-0.2, -0.15) is 0 Å². The number of alkyl halides is 1. The van der Waals surface area contributed by atoms with Crippen LogP contribution in [0.3, 0.4) is 0 Å². The van der Waals surface area contributed by atoms with Crippen LogP contribution in [-0.2, 0) is 13.1 Å². The first-order valence-electron chi connectivity index (χ1n) is 6.31. The lowest BCUT2D eigenvalue weighted by Crippen LogP contribution is -2.31. The molecule has 0 fully saturated rings. The van der Waals surface area contributed by atoms with Crippen molar-refractivity contribution in [1.82, 2.24) is 4.90 Å². The van der Waals surface area contributed by atoms with Crippen molar-refractivity contribution in [2.45, 2.75) is 19.3 Å². The minimum absolute atomic E-state index is 0.492. The van der Waals surface area contributed by atoms with Crippen LogP contribution in [0.2, 0.25) is 0 Å². The highest BCUT2D eigenvalue weighted by molar-refractivity contribution is 5.31. The van der Waals surface area contributed by atoms with Crippen molar-refractivity contribution in [1.29, 1.82) is 0 Å². The number of rotatable bonds is 2. The third-order valence-electron chi connectivity index (χ3n) is 3.45. The van der Waals surface area contributed by atoms with Crippen LogP contribution in [0.4, 0.5) is 4.39 Å². The van der Waals surface area contributed by atoms with Gasteiger partial charge in [0.2, 0.25) is 0 Å². The first-order valence-corrected chi connectivity index (χ1v) is 6.31. The summed E-state index contributed by atoms with van der Waals surface area (Å²) in [5.41, 5.74) is 3.22. The van der Waals surface area contributed by atoms with Crippen LogP contribution in [0, 0.1) is 0 Å². The Labute approximate surface area is 107 Å². The highest BCUT2D eigenvalue weighted by Crippen LogP contribution is 2.29. The van der Waals surface area contributed by atoms with Crippen LogP contribution in [0.5, 0.6) is 0 Å². The fraction of sp³-hybridized carbons (Fsp3) is 0.250. The third-order valence-corrected chi connectivity index (χ3v) is 3.45. The van der Waals surface area contributed by atoms with Gasteiger partial charge in [0.25, 0.3) is 0 Å². The Morgan fingerprint density at radius 1 is 1.00 bits per heavy atom. The molecule has 2 heteroatoms. The molecule has 0 N–H and O–H groups in total. The van der Waals surface area contributed by atoms with E-state index in [1.165, 1.54) is 5.56 Å². The smallest absolute Gasteiger partial charge is 0.138 e. The number of halogens is 1. The fourth-order valence-electron chi connectivity index (χ4n) is 2.58. The van der Waals surface area contributed by atoms with Crippen molar-refractivity contribution in [2.75, 3.05) is 6.54 Å². The molecule has 1 nitrogen and oxygen atoms in total. The third kappa shape index (κ3) is 2.29. The van der Waals surface area contributed by atoms with Gasteiger partial charge in [-0.15, -0.1) is 0 Å². The summed E-state index contributed by atoms with van der Waals surface area (Å²) in [6.07, 6.45) is -0.862. The van der Waals surface area contributed by atoms with Gasteiger partial charge in [0.05, 0.1) is 0 Å². The van der Waals surface area contributed by atoms with Gasteiger partial charge in [-0.1, -0.05) is 54.6 Å². The van der Waals surface area contributed by atoms with Gasteiger partial charge in [-0.05, 0) is 16.7 Å². The van der Waals surface area contributed by atoms with Crippen LogP contribution < -0.4 is 0 Å². The summed E-state index contributed by atoms with van der Waals surface area (Å²) in [6.45, 7) is 2.15. The first kappa shape index (κ1) is 11.4. The van der Waals surface area contributed by atoms with Gasteiger partial charge in [-0.25, -0.2) is 4.39 Å². The molecule has 18 heavy (non-hydrogen) atoms. The van der Waals surface area contributed by atoms with Crippen LogP contribution in [0.25, 0.3) is 0 Å². The van der Waals surface area contributed by atoms with Crippen LogP contribution in [0.15, 0.2) is 54.6 Å². The maximum Gasteiger partial charge on any atom is 0.138 e. The Hall–Kier alpha value is -1.67. The zero-order chi connectivity index (χ0) is 12.4. The largest absolute Gasteiger partial charge is 0.292 e. The Morgan fingerprint density at radius 2 is 1.72 bits per heavy atom. The number of hydrogen-bond donors (Lipinski definition) is 0. The maximum atomic E-state index is 14.1. The number of hydrogen-bond acceptors (Lipinski definition) is 1. The minimum atomic E-state index is -0.862. The first-order chi connectivity index (χ1) is 8.83. The van der Waals surface area contributed by atoms with Gasteiger partial charge in [-0.3, -0.25) is 4.90 Å². The van der Waals surface area contributed by atoms with E-state index in [0.717, 1.165) is 24.2 Å². The van der Waals surface area contributed by atoms with E-state index in [0.29, 0.717) is 6.54 Å². The molecule has 0 spiro atoms. The molecular weight excluding hydrogens is 225 g/mol. The topological polar surface area (TPSA) is 3.24 Å².